The third-order valence-corrected chi connectivity index (χ3v) is 4.71. The van der Waals surface area contributed by atoms with Gasteiger partial charge in [0, 0.05) is 0 Å². The fourth-order valence-electron chi connectivity index (χ4n) is 3.68. The zero-order chi connectivity index (χ0) is 14.4. The van der Waals surface area contributed by atoms with Crippen molar-refractivity contribution < 1.29 is 10.2 Å². The van der Waals surface area contributed by atoms with E-state index in [0.717, 1.165) is 35.8 Å². The third-order valence-electron chi connectivity index (χ3n) is 4.71. The van der Waals surface area contributed by atoms with Gasteiger partial charge in [-0.3, -0.25) is 0 Å². The SMILES string of the molecule is OCc1cc2c3c(ccc2c2ccccc12)C(O)CCC3. The van der Waals surface area contributed by atoms with Gasteiger partial charge >= 0.3 is 0 Å². The Bertz CT molecular complexity index is 836. The maximum atomic E-state index is 10.2. The Balaban J connectivity index is 2.15. The molecule has 0 bridgehead atoms. The van der Waals surface area contributed by atoms with Crippen molar-refractivity contribution in [3.8, 4) is 0 Å². The Morgan fingerprint density at radius 1 is 0.952 bits per heavy atom. The monoisotopic (exact) mass is 278 g/mol. The van der Waals surface area contributed by atoms with E-state index >= 15 is 0 Å². The molecule has 0 aliphatic heterocycles. The van der Waals surface area contributed by atoms with Gasteiger partial charge in [0.1, 0.15) is 0 Å². The van der Waals surface area contributed by atoms with Crippen molar-refractivity contribution in [3.63, 3.8) is 0 Å². The minimum atomic E-state index is -0.345. The Kier molecular flexibility index (Phi) is 2.95. The summed E-state index contributed by atoms with van der Waals surface area (Å²) >= 11 is 0. The van der Waals surface area contributed by atoms with Gasteiger partial charge in [-0.05, 0) is 63.6 Å². The molecule has 2 heteroatoms. The second-order valence-electron chi connectivity index (χ2n) is 5.88. The van der Waals surface area contributed by atoms with Crippen LogP contribution in [0.2, 0.25) is 0 Å². The highest BCUT2D eigenvalue weighted by Gasteiger charge is 2.20. The molecule has 106 valence electrons. The molecule has 4 rings (SSSR count). The van der Waals surface area contributed by atoms with Gasteiger partial charge in [0.25, 0.3) is 0 Å². The van der Waals surface area contributed by atoms with Crippen LogP contribution in [0.4, 0.5) is 0 Å². The van der Waals surface area contributed by atoms with E-state index in [4.69, 9.17) is 0 Å². The summed E-state index contributed by atoms with van der Waals surface area (Å²) in [5.74, 6) is 0. The lowest BCUT2D eigenvalue weighted by Gasteiger charge is -2.23. The van der Waals surface area contributed by atoms with E-state index in [9.17, 15) is 10.2 Å². The molecule has 1 aliphatic rings. The number of aryl methyl sites for hydroxylation is 1. The van der Waals surface area contributed by atoms with Gasteiger partial charge < -0.3 is 10.2 Å². The Labute approximate surface area is 123 Å². The van der Waals surface area contributed by atoms with Crippen molar-refractivity contribution >= 4 is 21.5 Å². The fourth-order valence-corrected chi connectivity index (χ4v) is 3.68. The Morgan fingerprint density at radius 3 is 2.52 bits per heavy atom. The molecule has 2 nitrogen and oxygen atoms in total. The lowest BCUT2D eigenvalue weighted by Crippen LogP contribution is -2.09. The first-order valence-electron chi connectivity index (χ1n) is 7.54. The van der Waals surface area contributed by atoms with Crippen LogP contribution < -0.4 is 0 Å². The van der Waals surface area contributed by atoms with Crippen molar-refractivity contribution in [1.82, 2.24) is 0 Å². The highest BCUT2D eigenvalue weighted by molar-refractivity contribution is 6.10. The predicted molar refractivity (Wildman–Crippen MR) is 85.3 cm³/mol. The number of hydrogen-bond acceptors (Lipinski definition) is 2. The molecule has 0 radical (unpaired) electrons. The highest BCUT2D eigenvalue weighted by Crippen LogP contribution is 2.38. The summed E-state index contributed by atoms with van der Waals surface area (Å²) in [6.07, 6.45) is 2.53. The molecule has 0 saturated heterocycles. The average Bonchev–Trinajstić information content (AvgIpc) is 2.54. The maximum absolute atomic E-state index is 10.2. The number of aliphatic hydroxyl groups excluding tert-OH is 2. The molecule has 3 aromatic rings. The van der Waals surface area contributed by atoms with Crippen LogP contribution in [-0.2, 0) is 13.0 Å². The molecule has 0 spiro atoms. The van der Waals surface area contributed by atoms with Crippen LogP contribution in [0.3, 0.4) is 0 Å². The first kappa shape index (κ1) is 12.8. The zero-order valence-corrected chi connectivity index (χ0v) is 11.8. The molecule has 1 aliphatic carbocycles. The van der Waals surface area contributed by atoms with Gasteiger partial charge in [-0.1, -0.05) is 36.4 Å². The summed E-state index contributed by atoms with van der Waals surface area (Å²) in [6.45, 7) is 0.0443. The van der Waals surface area contributed by atoms with E-state index in [1.165, 1.54) is 21.7 Å². The quantitative estimate of drug-likeness (QED) is 0.664. The van der Waals surface area contributed by atoms with Crippen LogP contribution in [-0.4, -0.2) is 10.2 Å². The molecule has 1 unspecified atom stereocenters. The largest absolute Gasteiger partial charge is 0.392 e. The van der Waals surface area contributed by atoms with Crippen LogP contribution in [0.15, 0.2) is 42.5 Å². The second kappa shape index (κ2) is 4.83. The molecule has 0 fully saturated rings. The zero-order valence-electron chi connectivity index (χ0n) is 11.8. The maximum Gasteiger partial charge on any atom is 0.0793 e. The van der Waals surface area contributed by atoms with Crippen molar-refractivity contribution in [2.75, 3.05) is 0 Å². The van der Waals surface area contributed by atoms with E-state index in [1.54, 1.807) is 0 Å². The number of fused-ring (bicyclic) bond motifs is 5. The summed E-state index contributed by atoms with van der Waals surface area (Å²) in [5, 5.41) is 24.6. The molecule has 0 heterocycles. The number of benzene rings is 3. The fraction of sp³-hybridized carbons (Fsp3) is 0.263. The molecule has 1 atom stereocenters. The normalized spacial score (nSPS) is 18.1. The van der Waals surface area contributed by atoms with E-state index in [1.807, 2.05) is 12.1 Å². The lowest BCUT2D eigenvalue weighted by molar-refractivity contribution is 0.157. The van der Waals surface area contributed by atoms with E-state index in [-0.39, 0.29) is 12.7 Å². The molecular formula is C19H18O2. The van der Waals surface area contributed by atoms with Crippen LogP contribution >= 0.6 is 0 Å². The second-order valence-corrected chi connectivity index (χ2v) is 5.88. The molecule has 0 saturated carbocycles. The summed E-state index contributed by atoms with van der Waals surface area (Å²) in [6, 6.07) is 14.5. The van der Waals surface area contributed by atoms with Crippen molar-refractivity contribution in [2.24, 2.45) is 0 Å². The first-order chi connectivity index (χ1) is 10.3. The average molecular weight is 278 g/mol. The van der Waals surface area contributed by atoms with Crippen LogP contribution in [0.1, 0.15) is 35.6 Å². The van der Waals surface area contributed by atoms with Crippen LogP contribution in [0.5, 0.6) is 0 Å². The Hall–Kier alpha value is -1.90. The van der Waals surface area contributed by atoms with Gasteiger partial charge in [-0.25, -0.2) is 0 Å². The standard InChI is InChI=1S/C19H18O2/c20-11-12-10-18-15-6-3-7-19(21)17(15)9-8-16(18)14-5-2-1-4-13(12)14/h1-2,4-5,8-10,19-21H,3,6-7,11H2. The smallest absolute Gasteiger partial charge is 0.0793 e. The predicted octanol–water partition coefficient (Wildman–Crippen LogP) is 3.86. The summed E-state index contributed by atoms with van der Waals surface area (Å²) in [4.78, 5) is 0. The lowest BCUT2D eigenvalue weighted by atomic mass is 9.84. The number of hydrogen-bond donors (Lipinski definition) is 2. The van der Waals surface area contributed by atoms with Crippen LogP contribution in [0, 0.1) is 0 Å². The van der Waals surface area contributed by atoms with Crippen molar-refractivity contribution in [3.05, 3.63) is 59.2 Å². The van der Waals surface area contributed by atoms with Gasteiger partial charge in [-0.2, -0.15) is 0 Å². The molecule has 2 N–H and O–H groups in total. The molecular weight excluding hydrogens is 260 g/mol. The van der Waals surface area contributed by atoms with Crippen LogP contribution in [0.25, 0.3) is 21.5 Å². The van der Waals surface area contributed by atoms with Gasteiger partial charge in [0.05, 0.1) is 12.7 Å². The topological polar surface area (TPSA) is 40.5 Å². The van der Waals surface area contributed by atoms with E-state index in [2.05, 4.69) is 30.3 Å². The number of aliphatic hydroxyl groups is 2. The summed E-state index contributed by atoms with van der Waals surface area (Å²) < 4.78 is 0. The molecule has 21 heavy (non-hydrogen) atoms. The minimum Gasteiger partial charge on any atom is -0.392 e. The van der Waals surface area contributed by atoms with E-state index < -0.39 is 0 Å². The Morgan fingerprint density at radius 2 is 1.71 bits per heavy atom. The first-order valence-corrected chi connectivity index (χ1v) is 7.54. The molecule has 0 aromatic heterocycles. The molecule has 0 amide bonds. The van der Waals surface area contributed by atoms with Crippen molar-refractivity contribution in [2.45, 2.75) is 32.0 Å². The van der Waals surface area contributed by atoms with Crippen molar-refractivity contribution in [1.29, 1.82) is 0 Å². The van der Waals surface area contributed by atoms with Gasteiger partial charge in [-0.15, -0.1) is 0 Å². The summed E-state index contributed by atoms with van der Waals surface area (Å²) in [7, 11) is 0. The van der Waals surface area contributed by atoms with Gasteiger partial charge in [0.15, 0.2) is 0 Å². The highest BCUT2D eigenvalue weighted by atomic mass is 16.3. The van der Waals surface area contributed by atoms with Gasteiger partial charge in [0.2, 0.25) is 0 Å². The van der Waals surface area contributed by atoms with E-state index in [0.29, 0.717) is 0 Å². The number of rotatable bonds is 1. The third kappa shape index (κ3) is 1.87. The minimum absolute atomic E-state index is 0.0443. The molecule has 3 aromatic carbocycles. The summed E-state index contributed by atoms with van der Waals surface area (Å²) in [5.41, 5.74) is 3.28.